The maximum absolute atomic E-state index is 12.8. The summed E-state index contributed by atoms with van der Waals surface area (Å²) in [7, 11) is -3.07. The van der Waals surface area contributed by atoms with Crippen molar-refractivity contribution in [2.24, 2.45) is 5.41 Å². The highest BCUT2D eigenvalue weighted by Gasteiger charge is 2.43. The lowest BCUT2D eigenvalue weighted by Crippen LogP contribution is -2.54. The van der Waals surface area contributed by atoms with Gasteiger partial charge in [0.25, 0.3) is 0 Å². The van der Waals surface area contributed by atoms with Crippen molar-refractivity contribution in [3.8, 4) is 0 Å². The van der Waals surface area contributed by atoms with E-state index < -0.39 is 15.3 Å². The third kappa shape index (κ3) is 4.21. The number of nitrogens with one attached hydrogen (secondary N) is 1. The number of carbonyl (C=O) groups is 2. The summed E-state index contributed by atoms with van der Waals surface area (Å²) < 4.78 is 23.3. The van der Waals surface area contributed by atoms with Crippen molar-refractivity contribution in [1.82, 2.24) is 10.2 Å². The van der Waals surface area contributed by atoms with Gasteiger partial charge in [-0.15, -0.1) is 0 Å². The lowest BCUT2D eigenvalue weighted by Gasteiger charge is -2.34. The average Bonchev–Trinajstić information content (AvgIpc) is 2.79. The van der Waals surface area contributed by atoms with E-state index in [1.165, 1.54) is 0 Å². The third-order valence-corrected chi connectivity index (χ3v) is 6.09. The molecule has 2 amide bonds. The molecular weight excluding hydrogens is 304 g/mol. The molecule has 7 heteroatoms. The van der Waals surface area contributed by atoms with E-state index >= 15 is 0 Å². The second-order valence-corrected chi connectivity index (χ2v) is 8.78. The highest BCUT2D eigenvalue weighted by Crippen LogP contribution is 2.25. The van der Waals surface area contributed by atoms with Gasteiger partial charge < -0.3 is 10.2 Å². The van der Waals surface area contributed by atoms with Crippen molar-refractivity contribution >= 4 is 21.7 Å². The van der Waals surface area contributed by atoms with Crippen molar-refractivity contribution in [1.29, 1.82) is 0 Å². The summed E-state index contributed by atoms with van der Waals surface area (Å²) in [5.41, 5.74) is -1.20. The Labute approximate surface area is 133 Å². The lowest BCUT2D eigenvalue weighted by atomic mass is 9.89. The fourth-order valence-corrected chi connectivity index (χ4v) is 4.28. The Balaban J connectivity index is 2.88. The molecule has 1 aliphatic heterocycles. The molecule has 1 saturated heterocycles. The number of rotatable bonds is 6. The molecule has 0 aliphatic carbocycles. The SMILES string of the molecule is CCC(C)NC(=O)C(C)(C)C(=O)N(CC)C1CCS(=O)(=O)C1. The summed E-state index contributed by atoms with van der Waals surface area (Å²) in [4.78, 5) is 26.7. The summed E-state index contributed by atoms with van der Waals surface area (Å²) in [6, 6.07) is -0.320. The molecule has 1 heterocycles. The molecule has 22 heavy (non-hydrogen) atoms. The van der Waals surface area contributed by atoms with Gasteiger partial charge in [-0.2, -0.15) is 0 Å². The second kappa shape index (κ2) is 6.98. The van der Waals surface area contributed by atoms with Gasteiger partial charge in [-0.3, -0.25) is 9.59 Å². The van der Waals surface area contributed by atoms with E-state index in [0.717, 1.165) is 6.42 Å². The molecule has 2 atom stereocenters. The van der Waals surface area contributed by atoms with Crippen LogP contribution in [-0.4, -0.2) is 55.3 Å². The molecule has 0 bridgehead atoms. The second-order valence-electron chi connectivity index (χ2n) is 6.56. The zero-order valence-electron chi connectivity index (χ0n) is 14.2. The maximum Gasteiger partial charge on any atom is 0.237 e. The standard InChI is InChI=1S/C15H28N2O4S/c1-6-11(3)16-13(18)15(4,5)14(19)17(7-2)12-8-9-22(20,21)10-12/h11-12H,6-10H2,1-5H3,(H,16,18). The molecule has 1 aliphatic rings. The van der Waals surface area contributed by atoms with Crippen LogP contribution in [0, 0.1) is 5.41 Å². The van der Waals surface area contributed by atoms with E-state index in [0.29, 0.717) is 13.0 Å². The largest absolute Gasteiger partial charge is 0.353 e. The first-order valence-electron chi connectivity index (χ1n) is 7.87. The van der Waals surface area contributed by atoms with Crippen molar-refractivity contribution in [3.05, 3.63) is 0 Å². The van der Waals surface area contributed by atoms with Crippen LogP contribution in [0.25, 0.3) is 0 Å². The molecule has 0 saturated carbocycles. The van der Waals surface area contributed by atoms with Crippen LogP contribution in [0.1, 0.15) is 47.5 Å². The molecule has 0 aromatic heterocycles. The molecule has 1 N–H and O–H groups in total. The number of nitrogens with zero attached hydrogens (tertiary/aromatic N) is 1. The number of hydrogen-bond acceptors (Lipinski definition) is 4. The molecule has 1 fully saturated rings. The van der Waals surface area contributed by atoms with Crippen LogP contribution in [0.2, 0.25) is 0 Å². The monoisotopic (exact) mass is 332 g/mol. The number of carbonyl (C=O) groups excluding carboxylic acids is 2. The number of amides is 2. The summed E-state index contributed by atoms with van der Waals surface area (Å²) >= 11 is 0. The van der Waals surface area contributed by atoms with Crippen LogP contribution in [0.5, 0.6) is 0 Å². The molecule has 1 rings (SSSR count). The third-order valence-electron chi connectivity index (χ3n) is 4.34. The molecule has 128 valence electrons. The van der Waals surface area contributed by atoms with Crippen LogP contribution in [0.4, 0.5) is 0 Å². The van der Waals surface area contributed by atoms with Crippen LogP contribution in [0.3, 0.4) is 0 Å². The van der Waals surface area contributed by atoms with Gasteiger partial charge in [0.05, 0.1) is 11.5 Å². The van der Waals surface area contributed by atoms with E-state index in [-0.39, 0.29) is 35.4 Å². The van der Waals surface area contributed by atoms with Gasteiger partial charge in [0.1, 0.15) is 5.41 Å². The van der Waals surface area contributed by atoms with Gasteiger partial charge in [0.2, 0.25) is 11.8 Å². The maximum atomic E-state index is 12.8. The Morgan fingerprint density at radius 3 is 2.32 bits per heavy atom. The smallest absolute Gasteiger partial charge is 0.237 e. The number of hydrogen-bond donors (Lipinski definition) is 1. The average molecular weight is 332 g/mol. The molecular formula is C15H28N2O4S. The Kier molecular flexibility index (Phi) is 6.01. The van der Waals surface area contributed by atoms with Gasteiger partial charge >= 0.3 is 0 Å². The number of sulfone groups is 1. The van der Waals surface area contributed by atoms with E-state index in [1.54, 1.807) is 18.7 Å². The van der Waals surface area contributed by atoms with Gasteiger partial charge in [-0.05, 0) is 40.5 Å². The predicted octanol–water partition coefficient (Wildman–Crippen LogP) is 0.963. The molecule has 2 unspecified atom stereocenters. The Bertz CT molecular complexity index is 528. The first kappa shape index (κ1) is 18.9. The van der Waals surface area contributed by atoms with Crippen LogP contribution in [-0.2, 0) is 19.4 Å². The van der Waals surface area contributed by atoms with Crippen molar-refractivity contribution in [2.75, 3.05) is 18.1 Å². The molecule has 0 radical (unpaired) electrons. The van der Waals surface area contributed by atoms with Gasteiger partial charge in [-0.25, -0.2) is 8.42 Å². The van der Waals surface area contributed by atoms with E-state index in [2.05, 4.69) is 5.32 Å². The van der Waals surface area contributed by atoms with E-state index in [9.17, 15) is 18.0 Å². The topological polar surface area (TPSA) is 83.6 Å². The summed E-state index contributed by atoms with van der Waals surface area (Å²) in [6.07, 6.45) is 1.24. The van der Waals surface area contributed by atoms with E-state index in [1.807, 2.05) is 20.8 Å². The lowest BCUT2D eigenvalue weighted by molar-refractivity contribution is -0.150. The molecule has 6 nitrogen and oxygen atoms in total. The summed E-state index contributed by atoms with van der Waals surface area (Å²) in [5.74, 6) is -0.514. The first-order valence-corrected chi connectivity index (χ1v) is 9.69. The molecule has 0 aromatic rings. The first-order chi connectivity index (χ1) is 10.0. The van der Waals surface area contributed by atoms with Crippen molar-refractivity contribution in [3.63, 3.8) is 0 Å². The minimum absolute atomic E-state index is 0.00140. The van der Waals surface area contributed by atoms with Crippen molar-refractivity contribution < 1.29 is 18.0 Å². The Morgan fingerprint density at radius 2 is 1.91 bits per heavy atom. The minimum atomic E-state index is -3.07. The van der Waals surface area contributed by atoms with Crippen LogP contribution < -0.4 is 5.32 Å². The molecule has 0 aromatic carbocycles. The quantitative estimate of drug-likeness (QED) is 0.735. The van der Waals surface area contributed by atoms with Crippen LogP contribution >= 0.6 is 0 Å². The zero-order chi connectivity index (χ0) is 17.1. The fourth-order valence-electron chi connectivity index (χ4n) is 2.55. The van der Waals surface area contributed by atoms with Crippen LogP contribution in [0.15, 0.2) is 0 Å². The summed E-state index contributed by atoms with van der Waals surface area (Å²) in [5, 5.41) is 2.83. The summed E-state index contributed by atoms with van der Waals surface area (Å²) in [6.45, 7) is 9.25. The predicted molar refractivity (Wildman–Crippen MR) is 86.1 cm³/mol. The fraction of sp³-hybridized carbons (Fsp3) is 0.867. The highest BCUT2D eigenvalue weighted by atomic mass is 32.2. The highest BCUT2D eigenvalue weighted by molar-refractivity contribution is 7.91. The Hall–Kier alpha value is -1.11. The molecule has 0 spiro atoms. The van der Waals surface area contributed by atoms with Crippen molar-refractivity contribution in [2.45, 2.75) is 59.5 Å². The normalized spacial score (nSPS) is 22.1. The zero-order valence-corrected chi connectivity index (χ0v) is 15.0. The van der Waals surface area contributed by atoms with E-state index in [4.69, 9.17) is 0 Å². The van der Waals surface area contributed by atoms with Gasteiger partial charge in [-0.1, -0.05) is 6.92 Å². The minimum Gasteiger partial charge on any atom is -0.353 e. The Morgan fingerprint density at radius 1 is 1.32 bits per heavy atom. The van der Waals surface area contributed by atoms with Gasteiger partial charge in [0, 0.05) is 18.6 Å². The van der Waals surface area contributed by atoms with Gasteiger partial charge in [0.15, 0.2) is 9.84 Å².